The summed E-state index contributed by atoms with van der Waals surface area (Å²) in [5, 5.41) is 8.90. The molecule has 0 aliphatic heterocycles. The van der Waals surface area contributed by atoms with Gasteiger partial charge in [0.25, 0.3) is 0 Å². The lowest BCUT2D eigenvalue weighted by Gasteiger charge is -2.01. The van der Waals surface area contributed by atoms with Gasteiger partial charge in [-0.1, -0.05) is 29.0 Å². The maximum atomic E-state index is 4.06. The van der Waals surface area contributed by atoms with E-state index in [-0.39, 0.29) is 0 Å². The van der Waals surface area contributed by atoms with E-state index in [4.69, 9.17) is 0 Å². The standard InChI is InChI=1S/C10H10N2S/c1-7-3-4-8(2)9(5-7)10-12-11-6-13-10/h3-6H,1-2H3. The fraction of sp³-hybridized carbons (Fsp3) is 0.200. The Kier molecular flexibility index (Phi) is 2.10. The summed E-state index contributed by atoms with van der Waals surface area (Å²) in [6.45, 7) is 4.18. The molecule has 66 valence electrons. The molecule has 1 aromatic carbocycles. The molecule has 0 atom stereocenters. The fourth-order valence-corrected chi connectivity index (χ4v) is 1.89. The molecule has 0 fully saturated rings. The first kappa shape index (κ1) is 8.38. The van der Waals surface area contributed by atoms with Crippen LogP contribution in [0.25, 0.3) is 10.6 Å². The Hall–Kier alpha value is -1.22. The van der Waals surface area contributed by atoms with Crippen molar-refractivity contribution in [3.63, 3.8) is 0 Å². The molecule has 2 rings (SSSR count). The summed E-state index contributed by atoms with van der Waals surface area (Å²) >= 11 is 1.58. The van der Waals surface area contributed by atoms with E-state index in [0.29, 0.717) is 0 Å². The number of benzene rings is 1. The van der Waals surface area contributed by atoms with Gasteiger partial charge in [0, 0.05) is 5.56 Å². The van der Waals surface area contributed by atoms with Crippen molar-refractivity contribution in [1.82, 2.24) is 10.2 Å². The quantitative estimate of drug-likeness (QED) is 0.691. The largest absolute Gasteiger partial charge is 0.147 e. The molecule has 0 amide bonds. The zero-order valence-electron chi connectivity index (χ0n) is 7.61. The van der Waals surface area contributed by atoms with Crippen molar-refractivity contribution in [1.29, 1.82) is 0 Å². The van der Waals surface area contributed by atoms with Crippen molar-refractivity contribution in [2.45, 2.75) is 13.8 Å². The molecule has 2 nitrogen and oxygen atoms in total. The van der Waals surface area contributed by atoms with Crippen molar-refractivity contribution in [2.24, 2.45) is 0 Å². The number of hydrogen-bond acceptors (Lipinski definition) is 3. The van der Waals surface area contributed by atoms with E-state index < -0.39 is 0 Å². The van der Waals surface area contributed by atoms with Crippen LogP contribution < -0.4 is 0 Å². The number of nitrogens with zero attached hydrogens (tertiary/aromatic N) is 2. The van der Waals surface area contributed by atoms with Crippen molar-refractivity contribution >= 4 is 11.3 Å². The highest BCUT2D eigenvalue weighted by Crippen LogP contribution is 2.25. The molecule has 0 spiro atoms. The maximum Gasteiger partial charge on any atom is 0.147 e. The van der Waals surface area contributed by atoms with Gasteiger partial charge in [-0.05, 0) is 25.5 Å². The number of aryl methyl sites for hydroxylation is 2. The molecule has 1 heterocycles. The molecule has 13 heavy (non-hydrogen) atoms. The Morgan fingerprint density at radius 2 is 2.08 bits per heavy atom. The second kappa shape index (κ2) is 3.26. The highest BCUT2D eigenvalue weighted by Gasteiger charge is 2.04. The first-order valence-electron chi connectivity index (χ1n) is 4.11. The first-order chi connectivity index (χ1) is 6.27. The Labute approximate surface area is 81.3 Å². The van der Waals surface area contributed by atoms with Crippen molar-refractivity contribution < 1.29 is 0 Å². The minimum atomic E-state index is 1.00. The van der Waals surface area contributed by atoms with Gasteiger partial charge >= 0.3 is 0 Å². The van der Waals surface area contributed by atoms with E-state index in [1.807, 2.05) is 0 Å². The topological polar surface area (TPSA) is 25.8 Å². The molecule has 0 aliphatic carbocycles. The van der Waals surface area contributed by atoms with Crippen molar-refractivity contribution in [3.8, 4) is 10.6 Å². The van der Waals surface area contributed by atoms with Gasteiger partial charge in [-0.15, -0.1) is 10.2 Å². The summed E-state index contributed by atoms with van der Waals surface area (Å²) in [5.74, 6) is 0. The smallest absolute Gasteiger partial charge is 0.147 e. The van der Waals surface area contributed by atoms with Crippen LogP contribution in [0.2, 0.25) is 0 Å². The third-order valence-electron chi connectivity index (χ3n) is 1.98. The molecule has 3 heteroatoms. The van der Waals surface area contributed by atoms with Crippen LogP contribution >= 0.6 is 11.3 Å². The summed E-state index contributed by atoms with van der Waals surface area (Å²) in [6, 6.07) is 6.38. The van der Waals surface area contributed by atoms with E-state index in [2.05, 4.69) is 42.2 Å². The molecule has 0 radical (unpaired) electrons. The van der Waals surface area contributed by atoms with Gasteiger partial charge in [0.15, 0.2) is 0 Å². The van der Waals surface area contributed by atoms with E-state index in [9.17, 15) is 0 Å². The predicted octanol–water partition coefficient (Wildman–Crippen LogP) is 2.82. The summed E-state index contributed by atoms with van der Waals surface area (Å²) in [6.07, 6.45) is 0. The van der Waals surface area contributed by atoms with Crippen LogP contribution in [0.4, 0.5) is 0 Å². The lowest BCUT2D eigenvalue weighted by molar-refractivity contribution is 1.09. The highest BCUT2D eigenvalue weighted by atomic mass is 32.1. The molecule has 0 unspecified atom stereocenters. The van der Waals surface area contributed by atoms with E-state index in [1.165, 1.54) is 16.7 Å². The average molecular weight is 190 g/mol. The zero-order chi connectivity index (χ0) is 9.26. The summed E-state index contributed by atoms with van der Waals surface area (Å²) in [5.41, 5.74) is 5.47. The predicted molar refractivity (Wildman–Crippen MR) is 54.8 cm³/mol. The third kappa shape index (κ3) is 1.60. The minimum absolute atomic E-state index is 1.00. The zero-order valence-corrected chi connectivity index (χ0v) is 8.43. The lowest BCUT2D eigenvalue weighted by Crippen LogP contribution is -1.83. The van der Waals surface area contributed by atoms with Crippen molar-refractivity contribution in [3.05, 3.63) is 34.8 Å². The number of aromatic nitrogens is 2. The second-order valence-corrected chi connectivity index (χ2v) is 3.90. The molecule has 0 bridgehead atoms. The van der Waals surface area contributed by atoms with Gasteiger partial charge in [-0.3, -0.25) is 0 Å². The molecular weight excluding hydrogens is 180 g/mol. The van der Waals surface area contributed by atoms with E-state index >= 15 is 0 Å². The van der Waals surface area contributed by atoms with E-state index in [1.54, 1.807) is 16.8 Å². The van der Waals surface area contributed by atoms with Crippen LogP contribution in [-0.2, 0) is 0 Å². The monoisotopic (exact) mass is 190 g/mol. The Bertz CT molecular complexity index is 407. The van der Waals surface area contributed by atoms with Crippen LogP contribution in [0.5, 0.6) is 0 Å². The van der Waals surface area contributed by atoms with Gasteiger partial charge in [-0.2, -0.15) is 0 Å². The number of rotatable bonds is 1. The lowest BCUT2D eigenvalue weighted by atomic mass is 10.1. The minimum Gasteiger partial charge on any atom is -0.147 e. The molecule has 1 aromatic heterocycles. The molecular formula is C10H10N2S. The molecule has 0 saturated carbocycles. The summed E-state index contributed by atoms with van der Waals surface area (Å²) in [4.78, 5) is 0. The van der Waals surface area contributed by atoms with Crippen LogP contribution in [0.3, 0.4) is 0 Å². The Balaban J connectivity index is 2.57. The maximum absolute atomic E-state index is 4.06. The normalized spacial score (nSPS) is 10.3. The molecule has 0 aliphatic rings. The van der Waals surface area contributed by atoms with Crippen LogP contribution in [-0.4, -0.2) is 10.2 Å². The van der Waals surface area contributed by atoms with E-state index in [0.717, 1.165) is 5.01 Å². The summed E-state index contributed by atoms with van der Waals surface area (Å²) < 4.78 is 0. The fourth-order valence-electron chi connectivity index (χ4n) is 1.26. The highest BCUT2D eigenvalue weighted by molar-refractivity contribution is 7.12. The third-order valence-corrected chi connectivity index (χ3v) is 2.71. The molecule has 0 saturated heterocycles. The Morgan fingerprint density at radius 3 is 2.77 bits per heavy atom. The molecule has 0 N–H and O–H groups in total. The van der Waals surface area contributed by atoms with Gasteiger partial charge in [0.1, 0.15) is 10.5 Å². The SMILES string of the molecule is Cc1ccc(C)c(-c2nncs2)c1. The molecule has 2 aromatic rings. The first-order valence-corrected chi connectivity index (χ1v) is 4.99. The average Bonchev–Trinajstić information content (AvgIpc) is 2.61. The van der Waals surface area contributed by atoms with Crippen LogP contribution in [0, 0.1) is 13.8 Å². The van der Waals surface area contributed by atoms with Gasteiger partial charge in [-0.25, -0.2) is 0 Å². The Morgan fingerprint density at radius 1 is 1.23 bits per heavy atom. The van der Waals surface area contributed by atoms with Gasteiger partial charge in [0.05, 0.1) is 0 Å². The van der Waals surface area contributed by atoms with Crippen molar-refractivity contribution in [2.75, 3.05) is 0 Å². The van der Waals surface area contributed by atoms with Crippen LogP contribution in [0.1, 0.15) is 11.1 Å². The number of hydrogen-bond donors (Lipinski definition) is 0. The second-order valence-electron chi connectivity index (χ2n) is 3.06. The van der Waals surface area contributed by atoms with Crippen LogP contribution in [0.15, 0.2) is 23.7 Å². The van der Waals surface area contributed by atoms with Gasteiger partial charge < -0.3 is 0 Å². The van der Waals surface area contributed by atoms with Gasteiger partial charge in [0.2, 0.25) is 0 Å². The summed E-state index contributed by atoms with van der Waals surface area (Å²) in [7, 11) is 0.